The van der Waals surface area contributed by atoms with Crippen LogP contribution >= 0.6 is 0 Å². The summed E-state index contributed by atoms with van der Waals surface area (Å²) in [5, 5.41) is 0. The van der Waals surface area contributed by atoms with Crippen LogP contribution in [0.3, 0.4) is 0 Å². The van der Waals surface area contributed by atoms with E-state index in [2.05, 4.69) is 0 Å². The summed E-state index contributed by atoms with van der Waals surface area (Å²) in [5.41, 5.74) is 3.26. The third kappa shape index (κ3) is 5.58. The Hall–Kier alpha value is -3.68. The fourth-order valence-corrected chi connectivity index (χ4v) is 4.82. The number of amides is 2. The van der Waals surface area contributed by atoms with Gasteiger partial charge in [-0.3, -0.25) is 19.2 Å². The summed E-state index contributed by atoms with van der Waals surface area (Å²) < 4.78 is 9.94. The number of carbonyl (C=O) groups is 4. The molecule has 2 aliphatic rings. The van der Waals surface area contributed by atoms with Gasteiger partial charge < -0.3 is 19.3 Å². The Morgan fingerprint density at radius 3 is 1.36 bits per heavy atom. The van der Waals surface area contributed by atoms with Gasteiger partial charge in [-0.2, -0.15) is 0 Å². The molecule has 0 aliphatic carbocycles. The minimum absolute atomic E-state index is 0.00222. The number of rotatable bonds is 8. The first-order chi connectivity index (χ1) is 17.4. The highest BCUT2D eigenvalue weighted by atomic mass is 16.5. The average Bonchev–Trinajstić information content (AvgIpc) is 3.30. The minimum Gasteiger partial charge on any atom is -0.466 e. The Kier molecular flexibility index (Phi) is 9.22. The fraction of sp³-hybridized carbons (Fsp3) is 0.429. The molecule has 8 nitrogen and oxygen atoms in total. The zero-order valence-electron chi connectivity index (χ0n) is 21.4. The van der Waals surface area contributed by atoms with E-state index in [4.69, 9.17) is 9.47 Å². The Labute approximate surface area is 212 Å². The van der Waals surface area contributed by atoms with E-state index in [0.29, 0.717) is 37.4 Å². The first kappa shape index (κ1) is 26.9. The van der Waals surface area contributed by atoms with Crippen LogP contribution in [0.5, 0.6) is 0 Å². The van der Waals surface area contributed by atoms with Crippen molar-refractivity contribution in [2.24, 2.45) is 0 Å². The van der Waals surface area contributed by atoms with Crippen LogP contribution in [0.1, 0.15) is 84.5 Å². The molecule has 2 amide bonds. The van der Waals surface area contributed by atoms with E-state index in [-0.39, 0.29) is 48.7 Å². The topological polar surface area (TPSA) is 93.2 Å². The lowest BCUT2D eigenvalue weighted by Crippen LogP contribution is -2.29. The molecular weight excluding hydrogens is 460 g/mol. The molecule has 0 radical (unpaired) electrons. The van der Waals surface area contributed by atoms with Crippen LogP contribution in [0.25, 0.3) is 0 Å². The van der Waals surface area contributed by atoms with E-state index >= 15 is 0 Å². The maximum absolute atomic E-state index is 12.2. The van der Waals surface area contributed by atoms with Crippen molar-refractivity contribution in [3.8, 4) is 0 Å². The SMILES string of the molecule is CCOC(=O)CC1c2ccccc2C(=O)N1CC.CCOC(=O)CC1c2ccccc2C(=O)N1CC. The largest absolute Gasteiger partial charge is 0.466 e. The smallest absolute Gasteiger partial charge is 0.308 e. The third-order valence-electron chi connectivity index (χ3n) is 6.39. The van der Waals surface area contributed by atoms with Gasteiger partial charge >= 0.3 is 11.9 Å². The summed E-state index contributed by atoms with van der Waals surface area (Å²) in [6.45, 7) is 9.33. The molecule has 0 spiro atoms. The monoisotopic (exact) mass is 494 g/mol. The van der Waals surface area contributed by atoms with Crippen LogP contribution in [-0.2, 0) is 19.1 Å². The van der Waals surface area contributed by atoms with Gasteiger partial charge in [-0.15, -0.1) is 0 Å². The van der Waals surface area contributed by atoms with E-state index < -0.39 is 0 Å². The predicted molar refractivity (Wildman–Crippen MR) is 134 cm³/mol. The van der Waals surface area contributed by atoms with Gasteiger partial charge in [0.25, 0.3) is 11.8 Å². The highest BCUT2D eigenvalue weighted by molar-refractivity contribution is 6.00. The molecule has 192 valence electrons. The summed E-state index contributed by atoms with van der Waals surface area (Å²) in [6, 6.07) is 14.5. The fourth-order valence-electron chi connectivity index (χ4n) is 4.82. The Balaban J connectivity index is 0.000000201. The van der Waals surface area contributed by atoms with Crippen molar-refractivity contribution in [1.82, 2.24) is 9.80 Å². The van der Waals surface area contributed by atoms with Crippen LogP contribution in [0, 0.1) is 0 Å². The number of hydrogen-bond acceptors (Lipinski definition) is 6. The van der Waals surface area contributed by atoms with E-state index in [1.807, 2.05) is 62.4 Å². The number of esters is 2. The molecule has 0 fully saturated rings. The number of hydrogen-bond donors (Lipinski definition) is 0. The standard InChI is InChI=1S/2C14H17NO3/c2*1-3-15-12(9-13(16)18-4-2)10-7-5-6-8-11(10)14(15)17/h2*5-8,12H,3-4,9H2,1-2H3. The molecule has 0 saturated heterocycles. The quantitative estimate of drug-likeness (QED) is 0.508. The zero-order chi connectivity index (χ0) is 26.2. The maximum atomic E-state index is 12.2. The Morgan fingerprint density at radius 2 is 1.03 bits per heavy atom. The van der Waals surface area contributed by atoms with Gasteiger partial charge in [0.05, 0.1) is 38.1 Å². The zero-order valence-corrected chi connectivity index (χ0v) is 21.4. The van der Waals surface area contributed by atoms with Crippen LogP contribution in [0.15, 0.2) is 48.5 Å². The molecule has 2 heterocycles. The van der Waals surface area contributed by atoms with Gasteiger partial charge in [0, 0.05) is 24.2 Å². The number of carbonyl (C=O) groups excluding carboxylic acids is 4. The van der Waals surface area contributed by atoms with Gasteiger partial charge in [-0.25, -0.2) is 0 Å². The van der Waals surface area contributed by atoms with Gasteiger partial charge in [-0.1, -0.05) is 36.4 Å². The third-order valence-corrected chi connectivity index (χ3v) is 6.39. The molecule has 2 aromatic carbocycles. The van der Waals surface area contributed by atoms with E-state index in [9.17, 15) is 19.2 Å². The van der Waals surface area contributed by atoms with Crippen LogP contribution in [0.2, 0.25) is 0 Å². The molecular formula is C28H34N2O6. The van der Waals surface area contributed by atoms with Crippen molar-refractivity contribution < 1.29 is 28.7 Å². The van der Waals surface area contributed by atoms with Crippen LogP contribution in [0.4, 0.5) is 0 Å². The second kappa shape index (κ2) is 12.3. The molecule has 4 rings (SSSR count). The number of nitrogens with zero attached hydrogens (tertiary/aromatic N) is 2. The molecule has 0 N–H and O–H groups in total. The summed E-state index contributed by atoms with van der Waals surface area (Å²) in [7, 11) is 0. The molecule has 2 aliphatic heterocycles. The van der Waals surface area contributed by atoms with E-state index in [0.717, 1.165) is 11.1 Å². The lowest BCUT2D eigenvalue weighted by Gasteiger charge is -2.22. The minimum atomic E-state index is -0.259. The summed E-state index contributed by atoms with van der Waals surface area (Å²) >= 11 is 0. The lowest BCUT2D eigenvalue weighted by atomic mass is 10.0. The molecule has 0 saturated carbocycles. The van der Waals surface area contributed by atoms with Crippen molar-refractivity contribution in [2.75, 3.05) is 26.3 Å². The van der Waals surface area contributed by atoms with Gasteiger partial charge in [-0.05, 0) is 51.0 Å². The number of benzene rings is 2. The van der Waals surface area contributed by atoms with Crippen molar-refractivity contribution in [2.45, 2.75) is 52.6 Å². The van der Waals surface area contributed by atoms with Gasteiger partial charge in [0.15, 0.2) is 0 Å². The summed E-state index contributed by atoms with van der Waals surface area (Å²) in [6.07, 6.45) is 0.453. The molecule has 2 unspecified atom stereocenters. The van der Waals surface area contributed by atoms with Crippen LogP contribution < -0.4 is 0 Å². The van der Waals surface area contributed by atoms with Crippen molar-refractivity contribution in [3.05, 3.63) is 70.8 Å². The number of ether oxygens (including phenoxy) is 2. The second-order valence-corrected chi connectivity index (χ2v) is 8.41. The van der Waals surface area contributed by atoms with E-state index in [1.54, 1.807) is 23.6 Å². The summed E-state index contributed by atoms with van der Waals surface area (Å²) in [5.74, 6) is -0.513. The van der Waals surface area contributed by atoms with Crippen molar-refractivity contribution in [3.63, 3.8) is 0 Å². The Bertz CT molecular complexity index is 1030. The van der Waals surface area contributed by atoms with Crippen molar-refractivity contribution in [1.29, 1.82) is 0 Å². The van der Waals surface area contributed by atoms with E-state index in [1.165, 1.54) is 0 Å². The second-order valence-electron chi connectivity index (χ2n) is 8.41. The first-order valence-corrected chi connectivity index (χ1v) is 12.5. The molecule has 36 heavy (non-hydrogen) atoms. The van der Waals surface area contributed by atoms with Gasteiger partial charge in [0.2, 0.25) is 0 Å². The highest BCUT2D eigenvalue weighted by Gasteiger charge is 2.37. The molecule has 2 aromatic rings. The normalized spacial score (nSPS) is 17.8. The predicted octanol–water partition coefficient (Wildman–Crippen LogP) is 4.31. The Morgan fingerprint density at radius 1 is 0.667 bits per heavy atom. The first-order valence-electron chi connectivity index (χ1n) is 12.5. The molecule has 8 heteroatoms. The average molecular weight is 495 g/mol. The molecule has 2 atom stereocenters. The van der Waals surface area contributed by atoms with Gasteiger partial charge in [0.1, 0.15) is 0 Å². The van der Waals surface area contributed by atoms with Crippen molar-refractivity contribution >= 4 is 23.8 Å². The van der Waals surface area contributed by atoms with Crippen LogP contribution in [-0.4, -0.2) is 59.9 Å². The maximum Gasteiger partial charge on any atom is 0.308 e. The summed E-state index contributed by atoms with van der Waals surface area (Å²) in [4.78, 5) is 51.0. The lowest BCUT2D eigenvalue weighted by molar-refractivity contribution is -0.145. The molecule has 0 aromatic heterocycles. The molecule has 0 bridgehead atoms. The highest BCUT2D eigenvalue weighted by Crippen LogP contribution is 2.36. The number of fused-ring (bicyclic) bond motifs is 2.